The Morgan fingerprint density at radius 1 is 1.10 bits per heavy atom. The first-order valence-corrected chi connectivity index (χ1v) is 3.71. The largest absolute Gasteiger partial charge is 0.390 e. The minimum absolute atomic E-state index is 0.427. The minimum Gasteiger partial charge on any atom is -0.390 e. The normalized spacial score (nSPS) is 18.6. The van der Waals surface area contributed by atoms with E-state index < -0.39 is 11.2 Å². The molecule has 0 spiro atoms. The van der Waals surface area contributed by atoms with E-state index in [1.165, 1.54) is 0 Å². The molecule has 1 atom stereocenters. The topological polar surface area (TPSA) is 40.5 Å². The quantitative estimate of drug-likeness (QED) is 0.630. The van der Waals surface area contributed by atoms with Gasteiger partial charge in [-0.2, -0.15) is 0 Å². The van der Waals surface area contributed by atoms with Gasteiger partial charge in [-0.15, -0.1) is 0 Å². The molecule has 0 aromatic carbocycles. The van der Waals surface area contributed by atoms with Crippen LogP contribution in [0, 0.1) is 0 Å². The molecule has 10 heavy (non-hydrogen) atoms. The Hall–Kier alpha value is -0.0800. The van der Waals surface area contributed by atoms with Crippen LogP contribution in [0.3, 0.4) is 0 Å². The predicted molar refractivity (Wildman–Crippen MR) is 41.8 cm³/mol. The van der Waals surface area contributed by atoms with Crippen LogP contribution >= 0.6 is 0 Å². The van der Waals surface area contributed by atoms with Crippen LogP contribution in [-0.2, 0) is 0 Å². The second-order valence-corrected chi connectivity index (χ2v) is 3.84. The summed E-state index contributed by atoms with van der Waals surface area (Å²) in [5.74, 6) is 0. The van der Waals surface area contributed by atoms with Gasteiger partial charge in [0.05, 0.1) is 11.2 Å². The molecule has 2 N–H and O–H groups in total. The molecule has 2 heteroatoms. The van der Waals surface area contributed by atoms with E-state index in [4.69, 9.17) is 0 Å². The highest BCUT2D eigenvalue weighted by atomic mass is 16.3. The molecule has 0 saturated heterocycles. The second kappa shape index (κ2) is 2.89. The summed E-state index contributed by atoms with van der Waals surface area (Å²) >= 11 is 0. The lowest BCUT2D eigenvalue weighted by Crippen LogP contribution is -2.34. The van der Waals surface area contributed by atoms with Gasteiger partial charge in [0.2, 0.25) is 0 Å². The second-order valence-electron chi connectivity index (χ2n) is 3.84. The molecule has 0 bridgehead atoms. The van der Waals surface area contributed by atoms with Crippen molar-refractivity contribution in [3.63, 3.8) is 0 Å². The molecule has 0 amide bonds. The van der Waals surface area contributed by atoms with Crippen LogP contribution in [0.1, 0.15) is 40.5 Å². The van der Waals surface area contributed by atoms with Crippen LogP contribution in [0.25, 0.3) is 0 Å². The molecule has 0 saturated carbocycles. The van der Waals surface area contributed by atoms with Crippen LogP contribution in [0.15, 0.2) is 0 Å². The third-order valence-electron chi connectivity index (χ3n) is 1.58. The Bertz CT molecular complexity index is 100. The molecular formula is C8H18O2. The highest BCUT2D eigenvalue weighted by Crippen LogP contribution is 2.22. The van der Waals surface area contributed by atoms with Crippen molar-refractivity contribution in [2.75, 3.05) is 0 Å². The third kappa shape index (κ3) is 4.77. The van der Waals surface area contributed by atoms with Gasteiger partial charge in [-0.3, -0.25) is 0 Å². The summed E-state index contributed by atoms with van der Waals surface area (Å²) in [7, 11) is 0. The summed E-state index contributed by atoms with van der Waals surface area (Å²) in [6, 6.07) is 0. The fourth-order valence-corrected chi connectivity index (χ4v) is 1.06. The predicted octanol–water partition coefficient (Wildman–Crippen LogP) is 1.31. The first-order chi connectivity index (χ1) is 4.27. The fourth-order valence-electron chi connectivity index (χ4n) is 1.06. The van der Waals surface area contributed by atoms with Gasteiger partial charge in [0.1, 0.15) is 0 Å². The molecule has 0 rings (SSSR count). The van der Waals surface area contributed by atoms with Crippen molar-refractivity contribution in [3.05, 3.63) is 0 Å². The number of hydrogen-bond acceptors (Lipinski definition) is 2. The van der Waals surface area contributed by atoms with Gasteiger partial charge < -0.3 is 10.2 Å². The maximum absolute atomic E-state index is 9.50. The Labute approximate surface area is 62.9 Å². The molecule has 0 aromatic heterocycles. The molecule has 1 unspecified atom stereocenters. The highest BCUT2D eigenvalue weighted by molar-refractivity contribution is 4.79. The molecular weight excluding hydrogens is 128 g/mol. The van der Waals surface area contributed by atoms with Gasteiger partial charge in [-0.05, 0) is 27.2 Å². The van der Waals surface area contributed by atoms with E-state index in [9.17, 15) is 10.2 Å². The smallest absolute Gasteiger partial charge is 0.0644 e. The number of rotatable bonds is 3. The molecule has 0 radical (unpaired) electrons. The summed E-state index contributed by atoms with van der Waals surface area (Å²) in [6.45, 7) is 7.06. The average Bonchev–Trinajstić information content (AvgIpc) is 1.60. The van der Waals surface area contributed by atoms with Gasteiger partial charge in [-0.1, -0.05) is 6.92 Å². The summed E-state index contributed by atoms with van der Waals surface area (Å²) in [4.78, 5) is 0. The molecule has 0 fully saturated rings. The van der Waals surface area contributed by atoms with E-state index in [1.54, 1.807) is 20.8 Å². The van der Waals surface area contributed by atoms with E-state index in [1.807, 2.05) is 6.92 Å². The van der Waals surface area contributed by atoms with Crippen molar-refractivity contribution < 1.29 is 10.2 Å². The van der Waals surface area contributed by atoms with Crippen LogP contribution in [0.2, 0.25) is 0 Å². The first kappa shape index (κ1) is 9.92. The first-order valence-electron chi connectivity index (χ1n) is 3.71. The summed E-state index contributed by atoms with van der Waals surface area (Å²) in [5, 5.41) is 18.8. The molecule has 0 aromatic rings. The Morgan fingerprint density at radius 3 is 1.60 bits per heavy atom. The molecule has 62 valence electrons. The zero-order valence-electron chi connectivity index (χ0n) is 7.31. The fraction of sp³-hybridized carbons (Fsp3) is 1.00. The lowest BCUT2D eigenvalue weighted by atomic mass is 9.89. The zero-order chi connectivity index (χ0) is 8.41. The molecule has 0 aliphatic carbocycles. The lowest BCUT2D eigenvalue weighted by molar-refractivity contribution is -0.0371. The van der Waals surface area contributed by atoms with Crippen LogP contribution in [-0.4, -0.2) is 21.4 Å². The SMILES string of the molecule is CCC(C)(O)CC(C)(C)O. The number of hydrogen-bond donors (Lipinski definition) is 2. The van der Waals surface area contributed by atoms with E-state index >= 15 is 0 Å². The highest BCUT2D eigenvalue weighted by Gasteiger charge is 2.26. The summed E-state index contributed by atoms with van der Waals surface area (Å²) < 4.78 is 0. The summed E-state index contributed by atoms with van der Waals surface area (Å²) in [6.07, 6.45) is 1.10. The van der Waals surface area contributed by atoms with Gasteiger partial charge >= 0.3 is 0 Å². The van der Waals surface area contributed by atoms with Gasteiger partial charge in [0.15, 0.2) is 0 Å². The van der Waals surface area contributed by atoms with Gasteiger partial charge in [0.25, 0.3) is 0 Å². The Kier molecular flexibility index (Phi) is 2.86. The summed E-state index contributed by atoms with van der Waals surface area (Å²) in [5.41, 5.74) is -1.49. The van der Waals surface area contributed by atoms with Crippen LogP contribution in [0.4, 0.5) is 0 Å². The van der Waals surface area contributed by atoms with Crippen LogP contribution in [0.5, 0.6) is 0 Å². The molecule has 0 aliphatic rings. The van der Waals surface area contributed by atoms with Gasteiger partial charge in [0, 0.05) is 6.42 Å². The standard InChI is InChI=1S/C8H18O2/c1-5-8(4,10)6-7(2,3)9/h9-10H,5-6H2,1-4H3. The maximum atomic E-state index is 9.50. The monoisotopic (exact) mass is 146 g/mol. The van der Waals surface area contributed by atoms with Crippen molar-refractivity contribution >= 4 is 0 Å². The van der Waals surface area contributed by atoms with E-state index in [0.29, 0.717) is 12.8 Å². The average molecular weight is 146 g/mol. The third-order valence-corrected chi connectivity index (χ3v) is 1.58. The van der Waals surface area contributed by atoms with Crippen molar-refractivity contribution in [1.29, 1.82) is 0 Å². The van der Waals surface area contributed by atoms with E-state index in [0.717, 1.165) is 0 Å². The maximum Gasteiger partial charge on any atom is 0.0644 e. The van der Waals surface area contributed by atoms with Crippen molar-refractivity contribution in [1.82, 2.24) is 0 Å². The lowest BCUT2D eigenvalue weighted by Gasteiger charge is -2.28. The zero-order valence-corrected chi connectivity index (χ0v) is 7.31. The van der Waals surface area contributed by atoms with Crippen LogP contribution < -0.4 is 0 Å². The minimum atomic E-state index is -0.764. The van der Waals surface area contributed by atoms with Crippen molar-refractivity contribution in [2.45, 2.75) is 51.7 Å². The van der Waals surface area contributed by atoms with E-state index in [-0.39, 0.29) is 0 Å². The number of aliphatic hydroxyl groups is 2. The van der Waals surface area contributed by atoms with Crippen molar-refractivity contribution in [2.24, 2.45) is 0 Å². The molecule has 0 aliphatic heterocycles. The van der Waals surface area contributed by atoms with Crippen molar-refractivity contribution in [3.8, 4) is 0 Å². The molecule has 0 heterocycles. The Balaban J connectivity index is 3.89. The van der Waals surface area contributed by atoms with E-state index in [2.05, 4.69) is 0 Å². The Morgan fingerprint density at radius 2 is 1.50 bits per heavy atom. The van der Waals surface area contributed by atoms with Gasteiger partial charge in [-0.25, -0.2) is 0 Å². The molecule has 2 nitrogen and oxygen atoms in total.